The van der Waals surface area contributed by atoms with Gasteiger partial charge in [0.15, 0.2) is 0 Å². The number of carbonyl (C=O) groups excluding carboxylic acids is 1. The molecule has 1 unspecified atom stereocenters. The van der Waals surface area contributed by atoms with Gasteiger partial charge in [0.05, 0.1) is 17.3 Å². The summed E-state index contributed by atoms with van der Waals surface area (Å²) in [5, 5.41) is 12.4. The van der Waals surface area contributed by atoms with Crippen LogP contribution in [0.25, 0.3) is 0 Å². The number of hydrogen-bond acceptors (Lipinski definition) is 4. The summed E-state index contributed by atoms with van der Waals surface area (Å²) in [5.41, 5.74) is 0.966. The number of rotatable bonds is 2. The Labute approximate surface area is 111 Å². The summed E-state index contributed by atoms with van der Waals surface area (Å²) in [7, 11) is -1.62. The van der Waals surface area contributed by atoms with Crippen molar-refractivity contribution in [3.05, 3.63) is 29.9 Å². The Morgan fingerprint density at radius 1 is 1.47 bits per heavy atom. The Hall–Kier alpha value is -1.89. The highest BCUT2D eigenvalue weighted by molar-refractivity contribution is 6.88. The van der Waals surface area contributed by atoms with Gasteiger partial charge in [-0.3, -0.25) is 4.79 Å². The molecular weight excluding hydrogens is 260 g/mol. The quantitative estimate of drug-likeness (QED) is 0.817. The SMILES string of the molecule is C[Si](C)(C)c1nnn2c1C(c1ccco1)NC(=O)C2. The monoisotopic (exact) mass is 276 g/mol. The third-order valence-electron chi connectivity index (χ3n) is 3.18. The van der Waals surface area contributed by atoms with Crippen molar-refractivity contribution in [1.82, 2.24) is 20.3 Å². The van der Waals surface area contributed by atoms with Gasteiger partial charge in [0.2, 0.25) is 5.91 Å². The van der Waals surface area contributed by atoms with Gasteiger partial charge in [0, 0.05) is 0 Å². The summed E-state index contributed by atoms with van der Waals surface area (Å²) in [6.07, 6.45) is 1.61. The zero-order valence-electron chi connectivity index (χ0n) is 11.2. The first-order valence-electron chi connectivity index (χ1n) is 6.23. The maximum absolute atomic E-state index is 11.8. The van der Waals surface area contributed by atoms with E-state index < -0.39 is 8.07 Å². The normalized spacial score (nSPS) is 19.1. The van der Waals surface area contributed by atoms with Gasteiger partial charge < -0.3 is 9.73 Å². The van der Waals surface area contributed by atoms with E-state index in [1.54, 1.807) is 10.9 Å². The average Bonchev–Trinajstić information content (AvgIpc) is 2.95. The first kappa shape index (κ1) is 12.2. The lowest BCUT2D eigenvalue weighted by atomic mass is 10.1. The Morgan fingerprint density at radius 2 is 2.26 bits per heavy atom. The van der Waals surface area contributed by atoms with Crippen LogP contribution in [0.3, 0.4) is 0 Å². The summed E-state index contributed by atoms with van der Waals surface area (Å²) >= 11 is 0. The lowest BCUT2D eigenvalue weighted by Gasteiger charge is -2.26. The highest BCUT2D eigenvalue weighted by Gasteiger charge is 2.36. The molecule has 1 atom stereocenters. The van der Waals surface area contributed by atoms with Gasteiger partial charge >= 0.3 is 0 Å². The molecule has 0 fully saturated rings. The van der Waals surface area contributed by atoms with Crippen molar-refractivity contribution in [3.8, 4) is 0 Å². The second-order valence-corrected chi connectivity index (χ2v) is 10.7. The molecule has 2 aromatic heterocycles. The van der Waals surface area contributed by atoms with Crippen molar-refractivity contribution in [1.29, 1.82) is 0 Å². The number of fused-ring (bicyclic) bond motifs is 1. The minimum atomic E-state index is -1.62. The molecule has 0 saturated heterocycles. The number of nitrogens with one attached hydrogen (secondary N) is 1. The van der Waals surface area contributed by atoms with Crippen LogP contribution in [0.4, 0.5) is 0 Å². The molecule has 0 bridgehead atoms. The third kappa shape index (κ3) is 1.99. The molecule has 1 amide bonds. The van der Waals surface area contributed by atoms with Crippen LogP contribution in [0.5, 0.6) is 0 Å². The van der Waals surface area contributed by atoms with Gasteiger partial charge in [0.1, 0.15) is 26.4 Å². The molecule has 7 heteroatoms. The number of amides is 1. The van der Waals surface area contributed by atoms with Gasteiger partial charge in [-0.2, -0.15) is 0 Å². The van der Waals surface area contributed by atoms with Gasteiger partial charge in [-0.25, -0.2) is 4.68 Å². The van der Waals surface area contributed by atoms with E-state index in [1.807, 2.05) is 12.1 Å². The Kier molecular flexibility index (Phi) is 2.59. The van der Waals surface area contributed by atoms with E-state index in [-0.39, 0.29) is 18.5 Å². The molecule has 19 heavy (non-hydrogen) atoms. The van der Waals surface area contributed by atoms with E-state index in [2.05, 4.69) is 35.3 Å². The van der Waals surface area contributed by atoms with Crippen molar-refractivity contribution in [2.24, 2.45) is 0 Å². The molecule has 0 radical (unpaired) electrons. The van der Waals surface area contributed by atoms with Crippen molar-refractivity contribution in [2.45, 2.75) is 32.2 Å². The van der Waals surface area contributed by atoms with E-state index in [9.17, 15) is 4.79 Å². The summed E-state index contributed by atoms with van der Waals surface area (Å²) in [5.74, 6) is 0.650. The van der Waals surface area contributed by atoms with Crippen LogP contribution >= 0.6 is 0 Å². The fraction of sp³-hybridized carbons (Fsp3) is 0.417. The first-order chi connectivity index (χ1) is 8.97. The third-order valence-corrected chi connectivity index (χ3v) is 4.96. The van der Waals surface area contributed by atoms with Gasteiger partial charge in [-0.1, -0.05) is 24.9 Å². The van der Waals surface area contributed by atoms with Gasteiger partial charge in [-0.15, -0.1) is 5.10 Å². The maximum Gasteiger partial charge on any atom is 0.242 e. The second-order valence-electron chi connectivity index (χ2n) is 5.75. The smallest absolute Gasteiger partial charge is 0.242 e. The molecule has 0 spiro atoms. The Balaban J connectivity index is 2.16. The van der Waals surface area contributed by atoms with E-state index in [0.29, 0.717) is 0 Å². The van der Waals surface area contributed by atoms with Gasteiger partial charge in [0.25, 0.3) is 0 Å². The minimum absolute atomic E-state index is 0.0686. The van der Waals surface area contributed by atoms with Crippen LogP contribution in [0.2, 0.25) is 19.6 Å². The van der Waals surface area contributed by atoms with E-state index in [1.165, 1.54) is 0 Å². The fourth-order valence-electron chi connectivity index (χ4n) is 2.33. The van der Waals surface area contributed by atoms with E-state index in [0.717, 1.165) is 16.8 Å². The standard InChI is InChI=1S/C12H16N4O2Si/c1-19(2,3)12-11-10(8-5-4-6-18-8)13-9(17)7-16(11)15-14-12/h4-6,10H,7H2,1-3H3,(H,13,17). The Bertz CT molecular complexity index is 612. The Morgan fingerprint density at radius 3 is 2.89 bits per heavy atom. The highest BCUT2D eigenvalue weighted by atomic mass is 28.3. The van der Waals surface area contributed by atoms with Crippen LogP contribution in [0, 0.1) is 0 Å². The molecule has 0 aromatic carbocycles. The molecule has 0 saturated carbocycles. The molecule has 6 nitrogen and oxygen atoms in total. The summed E-state index contributed by atoms with van der Waals surface area (Å²) in [6, 6.07) is 3.40. The average molecular weight is 276 g/mol. The van der Waals surface area contributed by atoms with Crippen molar-refractivity contribution in [2.75, 3.05) is 0 Å². The predicted molar refractivity (Wildman–Crippen MR) is 71.7 cm³/mol. The summed E-state index contributed by atoms with van der Waals surface area (Å²) in [4.78, 5) is 11.8. The molecule has 3 heterocycles. The van der Waals surface area contributed by atoms with Crippen molar-refractivity contribution < 1.29 is 9.21 Å². The number of aromatic nitrogens is 3. The largest absolute Gasteiger partial charge is 0.467 e. The van der Waals surface area contributed by atoms with Crippen molar-refractivity contribution in [3.63, 3.8) is 0 Å². The zero-order chi connectivity index (χ0) is 13.6. The summed E-state index contributed by atoms with van der Waals surface area (Å²) < 4.78 is 7.14. The number of furan rings is 1. The van der Waals surface area contributed by atoms with Gasteiger partial charge in [-0.05, 0) is 12.1 Å². The van der Waals surface area contributed by atoms with Crippen LogP contribution < -0.4 is 10.6 Å². The minimum Gasteiger partial charge on any atom is -0.467 e. The number of nitrogens with zero attached hydrogens (tertiary/aromatic N) is 3. The molecule has 1 aliphatic heterocycles. The number of carbonyl (C=O) groups is 1. The maximum atomic E-state index is 11.8. The molecule has 1 N–H and O–H groups in total. The molecule has 0 aliphatic carbocycles. The van der Waals surface area contributed by atoms with Crippen molar-refractivity contribution >= 4 is 19.3 Å². The highest BCUT2D eigenvalue weighted by Crippen LogP contribution is 2.25. The zero-order valence-corrected chi connectivity index (χ0v) is 12.2. The van der Waals surface area contributed by atoms with Crippen LogP contribution in [-0.2, 0) is 11.3 Å². The number of hydrogen-bond donors (Lipinski definition) is 1. The second kappa shape index (κ2) is 4.06. The lowest BCUT2D eigenvalue weighted by molar-refractivity contribution is -0.123. The van der Waals surface area contributed by atoms with Crippen LogP contribution in [0.15, 0.2) is 22.8 Å². The predicted octanol–water partition coefficient (Wildman–Crippen LogP) is 0.635. The fourth-order valence-corrected chi connectivity index (χ4v) is 3.72. The molecular formula is C12H16N4O2Si. The van der Waals surface area contributed by atoms with Crippen LogP contribution in [-0.4, -0.2) is 29.0 Å². The molecule has 2 aromatic rings. The van der Waals surface area contributed by atoms with Crippen LogP contribution in [0.1, 0.15) is 17.5 Å². The molecule has 1 aliphatic rings. The summed E-state index contributed by atoms with van der Waals surface area (Å²) in [6.45, 7) is 6.87. The van der Waals surface area contributed by atoms with E-state index in [4.69, 9.17) is 4.42 Å². The van der Waals surface area contributed by atoms with E-state index >= 15 is 0 Å². The molecule has 100 valence electrons. The topological polar surface area (TPSA) is 73.0 Å². The lowest BCUT2D eigenvalue weighted by Crippen LogP contribution is -2.47. The molecule has 3 rings (SSSR count). The first-order valence-corrected chi connectivity index (χ1v) is 9.73.